The van der Waals surface area contributed by atoms with Crippen molar-refractivity contribution in [1.82, 2.24) is 5.43 Å². The number of hydrogen-bond acceptors (Lipinski definition) is 3. The fourth-order valence-corrected chi connectivity index (χ4v) is 3.45. The van der Waals surface area contributed by atoms with Crippen LogP contribution in [0.3, 0.4) is 0 Å². The van der Waals surface area contributed by atoms with Gasteiger partial charge in [0.15, 0.2) is 0 Å². The van der Waals surface area contributed by atoms with Crippen LogP contribution in [0.1, 0.15) is 21.5 Å². The molecule has 0 bridgehead atoms. The number of nitrogens with one attached hydrogen (secondary N) is 1. The maximum Gasteiger partial charge on any atom is 0.416 e. The first-order valence-electron chi connectivity index (χ1n) is 7.45. The summed E-state index contributed by atoms with van der Waals surface area (Å²) < 4.78 is 44.9. The van der Waals surface area contributed by atoms with Gasteiger partial charge in [0.05, 0.1) is 20.7 Å². The number of ether oxygens (including phenoxy) is 1. The number of rotatable bonds is 6. The molecule has 2 aromatic carbocycles. The highest BCUT2D eigenvalue weighted by Gasteiger charge is 2.30. The zero-order chi connectivity index (χ0) is 20.0. The Hall–Kier alpha value is -2.13. The molecule has 2 rings (SSSR count). The summed E-state index contributed by atoms with van der Waals surface area (Å²) in [5, 5.41) is 3.78. The van der Waals surface area contributed by atoms with E-state index in [0.29, 0.717) is 26.9 Å². The molecule has 0 aromatic heterocycles. The van der Waals surface area contributed by atoms with E-state index in [-0.39, 0.29) is 5.56 Å². The van der Waals surface area contributed by atoms with Gasteiger partial charge in [0.25, 0.3) is 5.91 Å². The SMILES string of the molecule is C=CCOc1c(Br)cc(/C=N/NC(=O)c2cccc(C(F)(F)F)c2)cc1Br. The minimum Gasteiger partial charge on any atom is -0.487 e. The van der Waals surface area contributed by atoms with Gasteiger partial charge in [0.1, 0.15) is 12.4 Å². The topological polar surface area (TPSA) is 50.7 Å². The molecule has 0 saturated heterocycles. The smallest absolute Gasteiger partial charge is 0.416 e. The molecule has 0 heterocycles. The summed E-state index contributed by atoms with van der Waals surface area (Å²) in [5.41, 5.74) is 1.79. The summed E-state index contributed by atoms with van der Waals surface area (Å²) in [6.07, 6.45) is -1.55. The molecular weight excluding hydrogens is 493 g/mol. The molecular formula is C18H13Br2F3N2O2. The van der Waals surface area contributed by atoms with Crippen LogP contribution in [-0.2, 0) is 6.18 Å². The third-order valence-electron chi connectivity index (χ3n) is 3.20. The van der Waals surface area contributed by atoms with Crippen molar-refractivity contribution in [3.8, 4) is 5.75 Å². The molecule has 0 radical (unpaired) electrons. The maximum absolute atomic E-state index is 12.7. The van der Waals surface area contributed by atoms with Crippen molar-refractivity contribution in [2.24, 2.45) is 5.10 Å². The second kappa shape index (κ2) is 9.18. The van der Waals surface area contributed by atoms with E-state index in [0.717, 1.165) is 18.2 Å². The Kier molecular flexibility index (Phi) is 7.20. The molecule has 142 valence electrons. The number of amides is 1. The first-order valence-corrected chi connectivity index (χ1v) is 9.04. The number of nitrogens with zero attached hydrogens (tertiary/aromatic N) is 1. The predicted octanol–water partition coefficient (Wildman–Crippen LogP) is 5.56. The standard InChI is InChI=1S/C18H13Br2F3N2O2/c1-2-6-27-16-14(19)7-11(8-15(16)20)10-24-25-17(26)12-4-3-5-13(9-12)18(21,22)23/h2-5,7-10H,1,6H2,(H,25,26)/b24-10+. The third kappa shape index (κ3) is 5.93. The van der Waals surface area contributed by atoms with Crippen LogP contribution in [0.5, 0.6) is 5.75 Å². The Balaban J connectivity index is 2.09. The highest BCUT2D eigenvalue weighted by atomic mass is 79.9. The Morgan fingerprint density at radius 1 is 1.22 bits per heavy atom. The van der Waals surface area contributed by atoms with E-state index in [2.05, 4.69) is 49.0 Å². The van der Waals surface area contributed by atoms with E-state index in [9.17, 15) is 18.0 Å². The zero-order valence-corrected chi connectivity index (χ0v) is 16.9. The molecule has 1 N–H and O–H groups in total. The molecule has 0 aliphatic rings. The lowest BCUT2D eigenvalue weighted by Crippen LogP contribution is -2.18. The predicted molar refractivity (Wildman–Crippen MR) is 104 cm³/mol. The van der Waals surface area contributed by atoms with Crippen LogP contribution < -0.4 is 10.2 Å². The van der Waals surface area contributed by atoms with Crippen LogP contribution in [0.25, 0.3) is 0 Å². The average molecular weight is 506 g/mol. The van der Waals surface area contributed by atoms with Crippen LogP contribution in [0.2, 0.25) is 0 Å². The normalized spacial score (nSPS) is 11.4. The van der Waals surface area contributed by atoms with Crippen molar-refractivity contribution in [1.29, 1.82) is 0 Å². The van der Waals surface area contributed by atoms with E-state index in [1.807, 2.05) is 0 Å². The van der Waals surface area contributed by atoms with E-state index in [1.54, 1.807) is 18.2 Å². The Bertz CT molecular complexity index is 860. The van der Waals surface area contributed by atoms with Gasteiger partial charge in [-0.2, -0.15) is 18.3 Å². The number of alkyl halides is 3. The van der Waals surface area contributed by atoms with Crippen molar-refractivity contribution in [3.05, 3.63) is 74.7 Å². The Morgan fingerprint density at radius 3 is 2.48 bits per heavy atom. The Morgan fingerprint density at radius 2 is 1.89 bits per heavy atom. The summed E-state index contributed by atoms with van der Waals surface area (Å²) >= 11 is 6.73. The summed E-state index contributed by atoms with van der Waals surface area (Å²) in [6, 6.07) is 7.53. The number of carbonyl (C=O) groups is 1. The van der Waals surface area contributed by atoms with Gasteiger partial charge < -0.3 is 4.74 Å². The van der Waals surface area contributed by atoms with E-state index < -0.39 is 17.6 Å². The highest BCUT2D eigenvalue weighted by Crippen LogP contribution is 2.34. The Labute approximate surface area is 170 Å². The minimum atomic E-state index is -4.52. The van der Waals surface area contributed by atoms with Crippen LogP contribution in [0, 0.1) is 0 Å². The quantitative estimate of drug-likeness (QED) is 0.317. The van der Waals surface area contributed by atoms with Gasteiger partial charge >= 0.3 is 6.18 Å². The second-order valence-corrected chi connectivity index (χ2v) is 6.90. The number of benzene rings is 2. The van der Waals surface area contributed by atoms with Gasteiger partial charge in [0, 0.05) is 5.56 Å². The molecule has 0 aliphatic heterocycles. The third-order valence-corrected chi connectivity index (χ3v) is 4.38. The van der Waals surface area contributed by atoms with Crippen molar-refractivity contribution in [2.45, 2.75) is 6.18 Å². The molecule has 0 saturated carbocycles. The van der Waals surface area contributed by atoms with Gasteiger partial charge in [0.2, 0.25) is 0 Å². The van der Waals surface area contributed by atoms with Crippen LogP contribution in [0.4, 0.5) is 13.2 Å². The van der Waals surface area contributed by atoms with Crippen molar-refractivity contribution in [2.75, 3.05) is 6.61 Å². The monoisotopic (exact) mass is 504 g/mol. The zero-order valence-electron chi connectivity index (χ0n) is 13.7. The molecule has 0 aliphatic carbocycles. The van der Waals surface area contributed by atoms with Crippen LogP contribution in [-0.4, -0.2) is 18.7 Å². The fraction of sp³-hybridized carbons (Fsp3) is 0.111. The molecule has 4 nitrogen and oxygen atoms in total. The molecule has 2 aromatic rings. The first kappa shape index (κ1) is 21.2. The number of carbonyl (C=O) groups excluding carboxylic acids is 1. The maximum atomic E-state index is 12.7. The molecule has 0 spiro atoms. The lowest BCUT2D eigenvalue weighted by molar-refractivity contribution is -0.137. The van der Waals surface area contributed by atoms with Gasteiger partial charge in [-0.15, -0.1) is 0 Å². The molecule has 27 heavy (non-hydrogen) atoms. The number of hydrogen-bond donors (Lipinski definition) is 1. The van der Waals surface area contributed by atoms with Gasteiger partial charge in [-0.05, 0) is 67.8 Å². The summed E-state index contributed by atoms with van der Waals surface area (Å²) in [4.78, 5) is 12.0. The van der Waals surface area contributed by atoms with E-state index in [4.69, 9.17) is 4.74 Å². The molecule has 0 unspecified atom stereocenters. The lowest BCUT2D eigenvalue weighted by atomic mass is 10.1. The van der Waals surface area contributed by atoms with Crippen molar-refractivity contribution >= 4 is 44.0 Å². The minimum absolute atomic E-state index is 0.141. The van der Waals surface area contributed by atoms with Gasteiger partial charge in [-0.25, -0.2) is 5.43 Å². The van der Waals surface area contributed by atoms with E-state index >= 15 is 0 Å². The molecule has 9 heteroatoms. The average Bonchev–Trinajstić information content (AvgIpc) is 2.60. The van der Waals surface area contributed by atoms with Gasteiger partial charge in [-0.1, -0.05) is 18.7 Å². The summed E-state index contributed by atoms with van der Waals surface area (Å²) in [6.45, 7) is 3.91. The number of halogens is 5. The molecule has 0 atom stereocenters. The van der Waals surface area contributed by atoms with Crippen LogP contribution >= 0.6 is 31.9 Å². The van der Waals surface area contributed by atoms with Crippen molar-refractivity contribution < 1.29 is 22.7 Å². The first-order chi connectivity index (χ1) is 12.7. The lowest BCUT2D eigenvalue weighted by Gasteiger charge is -2.09. The second-order valence-electron chi connectivity index (χ2n) is 5.19. The summed E-state index contributed by atoms with van der Waals surface area (Å²) in [5.74, 6) is -0.165. The molecule has 0 fully saturated rings. The summed E-state index contributed by atoms with van der Waals surface area (Å²) in [7, 11) is 0. The highest BCUT2D eigenvalue weighted by molar-refractivity contribution is 9.11. The molecule has 1 amide bonds. The largest absolute Gasteiger partial charge is 0.487 e. The van der Waals surface area contributed by atoms with Gasteiger partial charge in [-0.3, -0.25) is 4.79 Å². The van der Waals surface area contributed by atoms with Crippen molar-refractivity contribution in [3.63, 3.8) is 0 Å². The van der Waals surface area contributed by atoms with Crippen LogP contribution in [0.15, 0.2) is 63.1 Å². The fourth-order valence-electron chi connectivity index (χ4n) is 2.00. The number of hydrazone groups is 1. The van der Waals surface area contributed by atoms with E-state index in [1.165, 1.54) is 12.3 Å².